The van der Waals surface area contributed by atoms with Crippen LogP contribution in [-0.4, -0.2) is 21.9 Å². The molecule has 1 aromatic rings. The van der Waals surface area contributed by atoms with E-state index in [1.54, 1.807) is 0 Å². The predicted molar refractivity (Wildman–Crippen MR) is 76.2 cm³/mol. The van der Waals surface area contributed by atoms with Gasteiger partial charge in [0.1, 0.15) is 6.54 Å². The average molecular weight is 317 g/mol. The fourth-order valence-corrected chi connectivity index (χ4v) is 2.69. The Morgan fingerprint density at radius 2 is 2.23 bits per heavy atom. The van der Waals surface area contributed by atoms with Gasteiger partial charge in [0, 0.05) is 12.6 Å². The van der Waals surface area contributed by atoms with Crippen LogP contribution in [0.4, 0.5) is 13.2 Å². The molecule has 0 spiro atoms. The molecule has 124 valence electrons. The molecule has 7 heteroatoms. The number of fused-ring (bicyclic) bond motifs is 1. The first-order chi connectivity index (χ1) is 10.2. The molecule has 2 rings (SSSR count). The highest BCUT2D eigenvalue weighted by molar-refractivity contribution is 5.76. The van der Waals surface area contributed by atoms with Crippen molar-refractivity contribution in [3.05, 3.63) is 17.5 Å². The van der Waals surface area contributed by atoms with Gasteiger partial charge in [0.15, 0.2) is 0 Å². The fourth-order valence-electron chi connectivity index (χ4n) is 2.69. The van der Waals surface area contributed by atoms with E-state index < -0.39 is 12.7 Å². The SMILES string of the molecule is CC(C)CCC(=O)N[C@@H]1CCCc2cn(CC(F)(F)F)nc21. The van der Waals surface area contributed by atoms with E-state index in [1.165, 1.54) is 6.20 Å². The summed E-state index contributed by atoms with van der Waals surface area (Å²) < 4.78 is 38.3. The summed E-state index contributed by atoms with van der Waals surface area (Å²) in [4.78, 5) is 11.9. The van der Waals surface area contributed by atoms with Gasteiger partial charge in [-0.1, -0.05) is 13.8 Å². The predicted octanol–water partition coefficient (Wildman–Crippen LogP) is 3.38. The summed E-state index contributed by atoms with van der Waals surface area (Å²) in [6, 6.07) is -0.266. The van der Waals surface area contributed by atoms with Gasteiger partial charge in [-0.15, -0.1) is 0 Å². The van der Waals surface area contributed by atoms with Crippen LogP contribution in [0.5, 0.6) is 0 Å². The highest BCUT2D eigenvalue weighted by Crippen LogP contribution is 2.29. The summed E-state index contributed by atoms with van der Waals surface area (Å²) in [5, 5.41) is 6.96. The van der Waals surface area contributed by atoms with Crippen LogP contribution in [0.3, 0.4) is 0 Å². The van der Waals surface area contributed by atoms with Crippen molar-refractivity contribution in [3.63, 3.8) is 0 Å². The minimum atomic E-state index is -4.29. The number of alkyl halides is 3. The molecule has 1 amide bonds. The molecule has 0 fully saturated rings. The summed E-state index contributed by atoms with van der Waals surface area (Å²) in [6.07, 6.45) is 0.690. The van der Waals surface area contributed by atoms with E-state index in [9.17, 15) is 18.0 Å². The minimum Gasteiger partial charge on any atom is -0.348 e. The Labute approximate surface area is 128 Å². The van der Waals surface area contributed by atoms with Crippen LogP contribution in [0.2, 0.25) is 0 Å². The highest BCUT2D eigenvalue weighted by Gasteiger charge is 2.31. The van der Waals surface area contributed by atoms with E-state index in [-0.39, 0.29) is 11.9 Å². The molecule has 0 radical (unpaired) electrons. The molecule has 1 heterocycles. The molecule has 1 aliphatic rings. The van der Waals surface area contributed by atoms with Gasteiger partial charge in [0.05, 0.1) is 11.7 Å². The lowest BCUT2D eigenvalue weighted by molar-refractivity contribution is -0.142. The Morgan fingerprint density at radius 1 is 1.50 bits per heavy atom. The summed E-state index contributed by atoms with van der Waals surface area (Å²) in [5.74, 6) is 0.385. The lowest BCUT2D eigenvalue weighted by Gasteiger charge is -2.22. The molecule has 1 atom stereocenters. The quantitative estimate of drug-likeness (QED) is 0.905. The highest BCUT2D eigenvalue weighted by atomic mass is 19.4. The normalized spacial score (nSPS) is 18.4. The number of carbonyl (C=O) groups excluding carboxylic acids is 1. The third-order valence-electron chi connectivity index (χ3n) is 3.76. The van der Waals surface area contributed by atoms with Crippen molar-refractivity contribution in [3.8, 4) is 0 Å². The largest absolute Gasteiger partial charge is 0.408 e. The van der Waals surface area contributed by atoms with Crippen molar-refractivity contribution < 1.29 is 18.0 Å². The minimum absolute atomic E-state index is 0.0584. The Kier molecular flexibility index (Phi) is 5.13. The molecular formula is C15H22F3N3O. The lowest BCUT2D eigenvalue weighted by atomic mass is 9.93. The molecule has 0 saturated carbocycles. The Bertz CT molecular complexity index is 523. The second-order valence-corrected chi connectivity index (χ2v) is 6.30. The number of aryl methyl sites for hydroxylation is 1. The number of carbonyl (C=O) groups is 1. The van der Waals surface area contributed by atoms with Crippen LogP contribution in [0, 0.1) is 5.92 Å². The van der Waals surface area contributed by atoms with Crippen molar-refractivity contribution in [2.24, 2.45) is 5.92 Å². The smallest absolute Gasteiger partial charge is 0.348 e. The zero-order chi connectivity index (χ0) is 16.3. The van der Waals surface area contributed by atoms with Gasteiger partial charge in [-0.2, -0.15) is 18.3 Å². The van der Waals surface area contributed by atoms with Gasteiger partial charge in [-0.3, -0.25) is 9.48 Å². The van der Waals surface area contributed by atoms with Crippen LogP contribution in [0.1, 0.15) is 56.8 Å². The molecule has 1 aromatic heterocycles. The van der Waals surface area contributed by atoms with Gasteiger partial charge in [-0.25, -0.2) is 0 Å². The fraction of sp³-hybridized carbons (Fsp3) is 0.733. The van der Waals surface area contributed by atoms with Crippen LogP contribution >= 0.6 is 0 Å². The number of halogens is 3. The third kappa shape index (κ3) is 4.74. The van der Waals surface area contributed by atoms with Crippen molar-refractivity contribution >= 4 is 5.91 Å². The summed E-state index contributed by atoms with van der Waals surface area (Å²) in [6.45, 7) is 3.00. The number of hydrogen-bond acceptors (Lipinski definition) is 2. The number of rotatable bonds is 5. The second kappa shape index (κ2) is 6.71. The van der Waals surface area contributed by atoms with Gasteiger partial charge in [0.25, 0.3) is 0 Å². The van der Waals surface area contributed by atoms with Crippen LogP contribution in [-0.2, 0) is 17.8 Å². The summed E-state index contributed by atoms with van der Waals surface area (Å²) in [7, 11) is 0. The molecule has 0 unspecified atom stereocenters. The number of amides is 1. The maximum atomic E-state index is 12.5. The van der Waals surface area contributed by atoms with Gasteiger partial charge < -0.3 is 5.32 Å². The van der Waals surface area contributed by atoms with Crippen LogP contribution in [0.15, 0.2) is 6.20 Å². The van der Waals surface area contributed by atoms with Crippen molar-refractivity contribution in [2.45, 2.75) is 64.7 Å². The molecule has 4 nitrogen and oxygen atoms in total. The van der Waals surface area contributed by atoms with Crippen molar-refractivity contribution in [2.75, 3.05) is 0 Å². The molecule has 0 aliphatic heterocycles. The molecule has 1 N–H and O–H groups in total. The first kappa shape index (κ1) is 16.8. The first-order valence-corrected chi connectivity index (χ1v) is 7.67. The number of nitrogens with one attached hydrogen (secondary N) is 1. The number of nitrogens with zero attached hydrogens (tertiary/aromatic N) is 2. The molecule has 0 saturated heterocycles. The average Bonchev–Trinajstić information content (AvgIpc) is 2.77. The zero-order valence-electron chi connectivity index (χ0n) is 12.9. The summed E-state index contributed by atoms with van der Waals surface area (Å²) >= 11 is 0. The Morgan fingerprint density at radius 3 is 2.86 bits per heavy atom. The second-order valence-electron chi connectivity index (χ2n) is 6.30. The van der Waals surface area contributed by atoms with Gasteiger partial charge in [0.2, 0.25) is 5.91 Å². The first-order valence-electron chi connectivity index (χ1n) is 7.67. The van der Waals surface area contributed by atoms with E-state index in [1.807, 2.05) is 13.8 Å². The van der Waals surface area contributed by atoms with Gasteiger partial charge >= 0.3 is 6.18 Å². The monoisotopic (exact) mass is 317 g/mol. The van der Waals surface area contributed by atoms with Crippen LogP contribution in [0.25, 0.3) is 0 Å². The lowest BCUT2D eigenvalue weighted by Crippen LogP contribution is -2.31. The topological polar surface area (TPSA) is 46.9 Å². The number of hydrogen-bond donors (Lipinski definition) is 1. The van der Waals surface area contributed by atoms with Crippen molar-refractivity contribution in [1.82, 2.24) is 15.1 Å². The van der Waals surface area contributed by atoms with Crippen molar-refractivity contribution in [1.29, 1.82) is 0 Å². The summed E-state index contributed by atoms with van der Waals surface area (Å²) in [5.41, 5.74) is 1.40. The Hall–Kier alpha value is -1.53. The maximum absolute atomic E-state index is 12.5. The Balaban J connectivity index is 2.03. The molecule has 1 aliphatic carbocycles. The zero-order valence-corrected chi connectivity index (χ0v) is 12.9. The van der Waals surface area contributed by atoms with Gasteiger partial charge in [-0.05, 0) is 37.2 Å². The van der Waals surface area contributed by atoms with E-state index >= 15 is 0 Å². The third-order valence-corrected chi connectivity index (χ3v) is 3.76. The molecule has 0 bridgehead atoms. The molecule has 0 aromatic carbocycles. The van der Waals surface area contributed by atoms with E-state index in [4.69, 9.17) is 0 Å². The molecular weight excluding hydrogens is 295 g/mol. The van der Waals surface area contributed by atoms with E-state index in [0.29, 0.717) is 24.5 Å². The van der Waals surface area contributed by atoms with E-state index in [0.717, 1.165) is 29.5 Å². The number of aromatic nitrogens is 2. The maximum Gasteiger partial charge on any atom is 0.408 e. The van der Waals surface area contributed by atoms with E-state index in [2.05, 4.69) is 10.4 Å². The standard InChI is InChI=1S/C15H22F3N3O/c1-10(2)6-7-13(22)19-12-5-3-4-11-8-21(20-14(11)12)9-15(16,17)18/h8,10,12H,3-7,9H2,1-2H3,(H,19,22)/t12-/m1/s1. The molecule has 22 heavy (non-hydrogen) atoms. The van der Waals surface area contributed by atoms with Crippen LogP contribution < -0.4 is 5.32 Å².